The Morgan fingerprint density at radius 2 is 2.11 bits per heavy atom. The van der Waals surface area contributed by atoms with E-state index in [1.54, 1.807) is 7.11 Å². The lowest BCUT2D eigenvalue weighted by Gasteiger charge is -2.21. The predicted molar refractivity (Wildman–Crippen MR) is 75.7 cm³/mol. The Kier molecular flexibility index (Phi) is 6.12. The second-order valence-electron chi connectivity index (χ2n) is 4.69. The van der Waals surface area contributed by atoms with Crippen molar-refractivity contribution >= 4 is 0 Å². The zero-order chi connectivity index (χ0) is 13.5. The second-order valence-corrected chi connectivity index (χ2v) is 4.69. The molecule has 1 unspecified atom stereocenters. The maximum Gasteiger partial charge on any atom is 0.122 e. The summed E-state index contributed by atoms with van der Waals surface area (Å²) in [5.41, 5.74) is 13.9. The molecule has 0 fully saturated rings. The topological polar surface area (TPSA) is 64.5 Å². The Hall–Kier alpha value is -1.10. The third-order valence-electron chi connectivity index (χ3n) is 3.03. The highest BCUT2D eigenvalue weighted by Gasteiger charge is 2.07. The van der Waals surface area contributed by atoms with Gasteiger partial charge < -0.3 is 21.1 Å². The molecular weight excluding hydrogens is 226 g/mol. The molecule has 1 aromatic rings. The Morgan fingerprint density at radius 3 is 2.67 bits per heavy atom. The average Bonchev–Trinajstić information content (AvgIpc) is 2.38. The van der Waals surface area contributed by atoms with E-state index >= 15 is 0 Å². The number of nitrogens with zero attached hydrogens (tertiary/aromatic N) is 1. The smallest absolute Gasteiger partial charge is 0.122 e. The largest absolute Gasteiger partial charge is 0.496 e. The molecule has 0 saturated carbocycles. The van der Waals surface area contributed by atoms with E-state index in [9.17, 15) is 0 Å². The van der Waals surface area contributed by atoms with Crippen LogP contribution in [0.2, 0.25) is 0 Å². The summed E-state index contributed by atoms with van der Waals surface area (Å²) in [7, 11) is 3.77. The van der Waals surface area contributed by atoms with Crippen LogP contribution in [0.5, 0.6) is 5.75 Å². The molecule has 0 aliphatic carbocycles. The van der Waals surface area contributed by atoms with Crippen LogP contribution in [0.4, 0.5) is 0 Å². The summed E-state index contributed by atoms with van der Waals surface area (Å²) in [6.45, 7) is 4.34. The van der Waals surface area contributed by atoms with E-state index in [1.807, 2.05) is 6.07 Å². The van der Waals surface area contributed by atoms with Crippen molar-refractivity contribution < 1.29 is 4.74 Å². The van der Waals surface area contributed by atoms with Gasteiger partial charge >= 0.3 is 0 Å². The number of hydrogen-bond acceptors (Lipinski definition) is 4. The summed E-state index contributed by atoms with van der Waals surface area (Å²) in [6, 6.07) is 6.37. The number of aryl methyl sites for hydroxylation is 1. The first kappa shape index (κ1) is 15.0. The van der Waals surface area contributed by atoms with Gasteiger partial charge in [-0.15, -0.1) is 0 Å². The van der Waals surface area contributed by atoms with Gasteiger partial charge in [0.1, 0.15) is 5.75 Å². The van der Waals surface area contributed by atoms with Crippen molar-refractivity contribution in [3.63, 3.8) is 0 Å². The van der Waals surface area contributed by atoms with E-state index in [-0.39, 0.29) is 6.04 Å². The standard InChI is InChI=1S/C14H25N3O/c1-4-12-7-11(5-6-14(12)18-3)9-17(2)10-13(16)8-15/h5-7,13H,4,8-10,15-16H2,1-3H3. The maximum atomic E-state index is 5.84. The van der Waals surface area contributed by atoms with Crippen LogP contribution in [0, 0.1) is 0 Å². The molecule has 0 bridgehead atoms. The van der Waals surface area contributed by atoms with E-state index in [0.29, 0.717) is 6.54 Å². The molecule has 0 spiro atoms. The highest BCUT2D eigenvalue weighted by Crippen LogP contribution is 2.20. The lowest BCUT2D eigenvalue weighted by Crippen LogP contribution is -2.40. The fraction of sp³-hybridized carbons (Fsp3) is 0.571. The predicted octanol–water partition coefficient (Wildman–Crippen LogP) is 0.975. The highest BCUT2D eigenvalue weighted by molar-refractivity contribution is 5.37. The molecular formula is C14H25N3O. The molecule has 4 heteroatoms. The molecule has 102 valence electrons. The zero-order valence-electron chi connectivity index (χ0n) is 11.6. The molecule has 0 aliphatic rings. The fourth-order valence-corrected chi connectivity index (χ4v) is 2.06. The third kappa shape index (κ3) is 4.29. The van der Waals surface area contributed by atoms with E-state index in [0.717, 1.165) is 25.3 Å². The summed E-state index contributed by atoms with van der Waals surface area (Å²) in [5.74, 6) is 0.961. The first-order valence-electron chi connectivity index (χ1n) is 6.40. The van der Waals surface area contributed by atoms with Crippen molar-refractivity contribution in [3.8, 4) is 5.75 Å². The molecule has 4 N–H and O–H groups in total. The van der Waals surface area contributed by atoms with E-state index in [4.69, 9.17) is 16.2 Å². The maximum absolute atomic E-state index is 5.84. The first-order chi connectivity index (χ1) is 8.60. The summed E-state index contributed by atoms with van der Waals surface area (Å²) in [5, 5.41) is 0. The molecule has 4 nitrogen and oxygen atoms in total. The lowest BCUT2D eigenvalue weighted by molar-refractivity contribution is 0.305. The van der Waals surface area contributed by atoms with Crippen molar-refractivity contribution in [3.05, 3.63) is 29.3 Å². The number of ether oxygens (including phenoxy) is 1. The van der Waals surface area contributed by atoms with Crippen molar-refractivity contribution in [1.82, 2.24) is 4.90 Å². The zero-order valence-corrected chi connectivity index (χ0v) is 11.6. The van der Waals surface area contributed by atoms with Gasteiger partial charge in [0.15, 0.2) is 0 Å². The molecule has 0 aliphatic heterocycles. The molecule has 1 atom stereocenters. The molecule has 18 heavy (non-hydrogen) atoms. The minimum atomic E-state index is 0.0406. The normalized spacial score (nSPS) is 12.8. The monoisotopic (exact) mass is 251 g/mol. The lowest BCUT2D eigenvalue weighted by atomic mass is 10.1. The molecule has 1 rings (SSSR count). The Morgan fingerprint density at radius 1 is 1.39 bits per heavy atom. The number of rotatable bonds is 7. The minimum Gasteiger partial charge on any atom is -0.496 e. The van der Waals surface area contributed by atoms with Gasteiger partial charge in [0.05, 0.1) is 7.11 Å². The molecule has 0 amide bonds. The first-order valence-corrected chi connectivity index (χ1v) is 6.40. The number of likely N-dealkylation sites (N-methyl/N-ethyl adjacent to an activating group) is 1. The summed E-state index contributed by atoms with van der Waals surface area (Å²) in [4.78, 5) is 2.19. The molecule has 0 heterocycles. The Labute approximate surface area is 110 Å². The van der Waals surface area contributed by atoms with Gasteiger partial charge in [0, 0.05) is 25.7 Å². The van der Waals surface area contributed by atoms with Gasteiger partial charge in [-0.1, -0.05) is 19.1 Å². The van der Waals surface area contributed by atoms with Crippen LogP contribution in [0.3, 0.4) is 0 Å². The number of nitrogens with two attached hydrogens (primary N) is 2. The van der Waals surface area contributed by atoms with Gasteiger partial charge in [-0.2, -0.15) is 0 Å². The molecule has 0 aromatic heterocycles. The van der Waals surface area contributed by atoms with Gasteiger partial charge in [0.2, 0.25) is 0 Å². The molecule has 0 saturated heterocycles. The van der Waals surface area contributed by atoms with Crippen LogP contribution in [-0.2, 0) is 13.0 Å². The van der Waals surface area contributed by atoms with Crippen LogP contribution in [0.15, 0.2) is 18.2 Å². The number of benzene rings is 1. The van der Waals surface area contributed by atoms with Crippen LogP contribution in [0.1, 0.15) is 18.1 Å². The van der Waals surface area contributed by atoms with Crippen molar-refractivity contribution in [1.29, 1.82) is 0 Å². The Bertz CT molecular complexity index is 368. The van der Waals surface area contributed by atoms with Crippen LogP contribution < -0.4 is 16.2 Å². The minimum absolute atomic E-state index is 0.0406. The van der Waals surface area contributed by atoms with Crippen molar-refractivity contribution in [2.24, 2.45) is 11.5 Å². The van der Waals surface area contributed by atoms with Crippen LogP contribution in [0.25, 0.3) is 0 Å². The van der Waals surface area contributed by atoms with Gasteiger partial charge in [-0.25, -0.2) is 0 Å². The quantitative estimate of drug-likeness (QED) is 0.758. The summed E-state index contributed by atoms with van der Waals surface area (Å²) in [6.07, 6.45) is 0.975. The van der Waals surface area contributed by atoms with E-state index < -0.39 is 0 Å². The molecule has 0 radical (unpaired) electrons. The van der Waals surface area contributed by atoms with E-state index in [1.165, 1.54) is 11.1 Å². The van der Waals surface area contributed by atoms with E-state index in [2.05, 4.69) is 31.0 Å². The SMILES string of the molecule is CCc1cc(CN(C)CC(N)CN)ccc1OC. The second kappa shape index (κ2) is 7.36. The van der Waals surface area contributed by atoms with Crippen molar-refractivity contribution in [2.75, 3.05) is 27.2 Å². The van der Waals surface area contributed by atoms with Crippen LogP contribution in [-0.4, -0.2) is 38.2 Å². The summed E-state index contributed by atoms with van der Waals surface area (Å²) >= 11 is 0. The van der Waals surface area contributed by atoms with Gasteiger partial charge in [0.25, 0.3) is 0 Å². The van der Waals surface area contributed by atoms with Gasteiger partial charge in [-0.3, -0.25) is 0 Å². The number of hydrogen-bond donors (Lipinski definition) is 2. The summed E-state index contributed by atoms with van der Waals surface area (Å²) < 4.78 is 5.33. The van der Waals surface area contributed by atoms with Crippen molar-refractivity contribution in [2.45, 2.75) is 25.9 Å². The van der Waals surface area contributed by atoms with Gasteiger partial charge in [-0.05, 0) is 30.7 Å². The Balaban J connectivity index is 2.67. The van der Waals surface area contributed by atoms with Crippen LogP contribution >= 0.6 is 0 Å². The fourth-order valence-electron chi connectivity index (χ4n) is 2.06. The number of methoxy groups -OCH3 is 1. The molecule has 1 aromatic carbocycles. The third-order valence-corrected chi connectivity index (χ3v) is 3.03. The highest BCUT2D eigenvalue weighted by atomic mass is 16.5. The average molecular weight is 251 g/mol.